The van der Waals surface area contributed by atoms with Crippen LogP contribution >= 0.6 is 90.9 Å². The summed E-state index contributed by atoms with van der Waals surface area (Å²) in [4.78, 5) is 14.7. The summed E-state index contributed by atoms with van der Waals surface area (Å²) in [5, 5.41) is -2.62. The van der Waals surface area contributed by atoms with Gasteiger partial charge in [0, 0.05) is 0 Å². The molecule has 13 heteroatoms. The van der Waals surface area contributed by atoms with E-state index in [0.29, 0.717) is 0 Å². The van der Waals surface area contributed by atoms with E-state index in [1.807, 2.05) is 0 Å². The predicted molar refractivity (Wildman–Crippen MR) is 82.5 cm³/mol. The zero-order chi connectivity index (χ0) is 14.7. The third-order valence-electron chi connectivity index (χ3n) is 1.92. The number of hydrogen-bond acceptors (Lipinski definition) is 2. The first-order valence-corrected chi connectivity index (χ1v) is 8.38. The topological polar surface area (TPSA) is 66.8 Å². The second-order valence-corrected chi connectivity index (χ2v) is 7.37. The average Bonchev–Trinajstić information content (AvgIpc) is 2.31. The molecule has 0 aliphatic heterocycles. The van der Waals surface area contributed by atoms with E-state index in [2.05, 4.69) is 4.73 Å². The van der Waals surface area contributed by atoms with Crippen LogP contribution < -0.4 is 0 Å². The van der Waals surface area contributed by atoms with E-state index in [4.69, 9.17) is 84.0 Å². The van der Waals surface area contributed by atoms with Gasteiger partial charge in [-0.1, -0.05) is 4.73 Å². The molecule has 0 saturated heterocycles. The molecule has 1 aliphatic carbocycles. The summed E-state index contributed by atoms with van der Waals surface area (Å²) in [7, 11) is -4.81. The molecule has 0 spiro atoms. The van der Waals surface area contributed by atoms with Gasteiger partial charge in [-0.2, -0.15) is 13.5 Å². The lowest BCUT2D eigenvalue weighted by Crippen LogP contribution is -2.52. The molecule has 0 bridgehead atoms. The Morgan fingerprint density at radius 2 is 0.895 bits per heavy atom. The Labute approximate surface area is 146 Å². The Balaban J connectivity index is 0. The number of rotatable bonds is 1. The molecule has 0 atom stereocenters. The van der Waals surface area contributed by atoms with Crippen molar-refractivity contribution < 1.29 is 23.6 Å². The van der Waals surface area contributed by atoms with Crippen molar-refractivity contribution in [2.45, 2.75) is 32.3 Å². The largest absolute Gasteiger partial charge is 0.500 e. The zero-order valence-corrected chi connectivity index (χ0v) is 15.2. The van der Waals surface area contributed by atoms with Crippen molar-refractivity contribution in [3.63, 3.8) is 0 Å². The SMILES string of the molecule is ClC1C(Cl)C(Cl)C(Cl)C(Cl)C1Cl.O=P(O)(O)OF.S. The van der Waals surface area contributed by atoms with E-state index in [-0.39, 0.29) is 13.5 Å². The van der Waals surface area contributed by atoms with Crippen molar-refractivity contribution in [3.05, 3.63) is 0 Å². The summed E-state index contributed by atoms with van der Waals surface area (Å²) in [6, 6.07) is 0. The van der Waals surface area contributed by atoms with Crippen LogP contribution in [0.2, 0.25) is 0 Å². The molecular formula is C6H10Cl6FO4PS. The van der Waals surface area contributed by atoms with Gasteiger partial charge < -0.3 is 9.79 Å². The Bertz CT molecular complexity index is 253. The van der Waals surface area contributed by atoms with E-state index >= 15 is 0 Å². The molecule has 0 aromatic rings. The lowest BCUT2D eigenvalue weighted by atomic mass is 9.97. The van der Waals surface area contributed by atoms with Crippen LogP contribution in [0.25, 0.3) is 0 Å². The molecule has 4 nitrogen and oxygen atoms in total. The van der Waals surface area contributed by atoms with Crippen molar-refractivity contribution >= 4 is 90.9 Å². The maximum atomic E-state index is 10.2. The highest BCUT2D eigenvalue weighted by Gasteiger charge is 2.46. The van der Waals surface area contributed by atoms with Gasteiger partial charge in [0.2, 0.25) is 0 Å². The maximum absolute atomic E-state index is 10.2. The number of halogens is 7. The Morgan fingerprint density at radius 1 is 0.789 bits per heavy atom. The van der Waals surface area contributed by atoms with Crippen LogP contribution in [0.5, 0.6) is 0 Å². The summed E-state index contributed by atoms with van der Waals surface area (Å²) in [5.41, 5.74) is 0. The molecule has 19 heavy (non-hydrogen) atoms. The summed E-state index contributed by atoms with van der Waals surface area (Å²) in [6.45, 7) is 0. The van der Waals surface area contributed by atoms with Gasteiger partial charge in [-0.05, 0) is 4.53 Å². The highest BCUT2D eigenvalue weighted by atomic mass is 35.5. The van der Waals surface area contributed by atoms with Gasteiger partial charge in [0.15, 0.2) is 0 Å². The number of phosphoric acid groups is 1. The van der Waals surface area contributed by atoms with Crippen LogP contribution in [-0.4, -0.2) is 42.0 Å². The van der Waals surface area contributed by atoms with Gasteiger partial charge in [0.25, 0.3) is 0 Å². The fraction of sp³-hybridized carbons (Fsp3) is 1.00. The third kappa shape index (κ3) is 7.80. The quantitative estimate of drug-likeness (QED) is 0.481. The Hall–Kier alpha value is 2.13. The van der Waals surface area contributed by atoms with Crippen LogP contribution in [-0.2, 0) is 9.29 Å². The fourth-order valence-corrected chi connectivity index (χ4v) is 3.38. The number of alkyl halides is 6. The minimum absolute atomic E-state index is 0. The first kappa shape index (κ1) is 23.4. The average molecular weight is 441 g/mol. The molecule has 1 fully saturated rings. The maximum Gasteiger partial charge on any atom is 0.500 e. The normalized spacial score (nSPS) is 38.8. The molecule has 1 aliphatic rings. The van der Waals surface area contributed by atoms with Gasteiger partial charge in [0.05, 0.1) is 32.3 Å². The zero-order valence-electron chi connectivity index (χ0n) is 8.77. The molecule has 0 radical (unpaired) electrons. The monoisotopic (exact) mass is 438 g/mol. The van der Waals surface area contributed by atoms with Gasteiger partial charge in [-0.3, -0.25) is 0 Å². The summed E-state index contributed by atoms with van der Waals surface area (Å²) >= 11 is 35.3. The van der Waals surface area contributed by atoms with Crippen molar-refractivity contribution in [2.24, 2.45) is 0 Å². The van der Waals surface area contributed by atoms with E-state index in [1.54, 1.807) is 0 Å². The molecule has 0 amide bonds. The van der Waals surface area contributed by atoms with E-state index in [1.165, 1.54) is 0 Å². The van der Waals surface area contributed by atoms with Gasteiger partial charge in [-0.15, -0.1) is 69.6 Å². The molecule has 0 aromatic carbocycles. The minimum Gasteiger partial charge on any atom is -0.301 e. The van der Waals surface area contributed by atoms with E-state index in [0.717, 1.165) is 0 Å². The Kier molecular flexibility index (Phi) is 12.3. The lowest BCUT2D eigenvalue weighted by molar-refractivity contribution is -0.0389. The smallest absolute Gasteiger partial charge is 0.301 e. The van der Waals surface area contributed by atoms with Crippen LogP contribution in [0.15, 0.2) is 0 Å². The standard InChI is InChI=1S/C6H6Cl6.FH2O4P.H2S/c7-1-2(8)4(10)6(12)5(11)3(1)9;1-5-6(2,3)4;/h1-6H;(H2,2,3,4);1H2. The van der Waals surface area contributed by atoms with Crippen molar-refractivity contribution in [2.75, 3.05) is 0 Å². The van der Waals surface area contributed by atoms with Crippen LogP contribution in [0.4, 0.5) is 4.53 Å². The molecule has 0 aromatic heterocycles. The summed E-state index contributed by atoms with van der Waals surface area (Å²) in [5.74, 6) is 0. The first-order chi connectivity index (χ1) is 8.02. The number of hydrogen-bond donors (Lipinski definition) is 2. The molecule has 118 valence electrons. The second-order valence-electron chi connectivity index (χ2n) is 3.23. The fourth-order valence-electron chi connectivity index (χ4n) is 1.05. The van der Waals surface area contributed by atoms with E-state index in [9.17, 15) is 4.53 Å². The van der Waals surface area contributed by atoms with Crippen molar-refractivity contribution in [1.29, 1.82) is 0 Å². The van der Waals surface area contributed by atoms with Gasteiger partial charge in [0.1, 0.15) is 0 Å². The minimum atomic E-state index is -4.81. The van der Waals surface area contributed by atoms with Crippen LogP contribution in [0.1, 0.15) is 0 Å². The predicted octanol–water partition coefficient (Wildman–Crippen LogP) is 3.74. The summed E-state index contributed by atoms with van der Waals surface area (Å²) < 4.78 is 21.4. The molecule has 0 heterocycles. The van der Waals surface area contributed by atoms with Crippen molar-refractivity contribution in [3.8, 4) is 0 Å². The van der Waals surface area contributed by atoms with Gasteiger partial charge in [-0.25, -0.2) is 4.57 Å². The Morgan fingerprint density at radius 3 is 0.947 bits per heavy atom. The highest BCUT2D eigenvalue weighted by molar-refractivity contribution is 7.59. The highest BCUT2D eigenvalue weighted by Crippen LogP contribution is 2.39. The summed E-state index contributed by atoms with van der Waals surface area (Å²) in [6.07, 6.45) is 0. The van der Waals surface area contributed by atoms with Crippen molar-refractivity contribution in [1.82, 2.24) is 0 Å². The van der Waals surface area contributed by atoms with Crippen LogP contribution in [0.3, 0.4) is 0 Å². The molecule has 2 N–H and O–H groups in total. The molecular weight excluding hydrogens is 431 g/mol. The molecule has 1 saturated carbocycles. The molecule has 0 unspecified atom stereocenters. The van der Waals surface area contributed by atoms with Crippen LogP contribution in [0, 0.1) is 0 Å². The van der Waals surface area contributed by atoms with E-state index < -0.39 is 40.1 Å². The first-order valence-electron chi connectivity index (χ1n) is 4.23. The second kappa shape index (κ2) is 10.0. The third-order valence-corrected chi connectivity index (χ3v) is 6.13. The van der Waals surface area contributed by atoms with Gasteiger partial charge >= 0.3 is 7.82 Å². The molecule has 1 rings (SSSR count). The lowest BCUT2D eigenvalue weighted by Gasteiger charge is -2.37.